The third kappa shape index (κ3) is 8.18. The molecule has 126 valence electrons. The van der Waals surface area contributed by atoms with Gasteiger partial charge < -0.3 is 5.32 Å². The molecule has 4 unspecified atom stereocenters. The summed E-state index contributed by atoms with van der Waals surface area (Å²) in [6.07, 6.45) is 11.3. The van der Waals surface area contributed by atoms with Crippen molar-refractivity contribution in [2.75, 3.05) is 12.3 Å². The number of nitrogens with one attached hydrogen (secondary N) is 1. The van der Waals surface area contributed by atoms with E-state index in [4.69, 9.17) is 0 Å². The maximum atomic E-state index is 3.76. The fourth-order valence-corrected chi connectivity index (χ4v) is 6.19. The largest absolute Gasteiger partial charge is 0.313 e. The van der Waals surface area contributed by atoms with Crippen LogP contribution >= 0.6 is 23.5 Å². The van der Waals surface area contributed by atoms with Crippen molar-refractivity contribution < 1.29 is 0 Å². The smallest absolute Gasteiger partial charge is 0.0294 e. The second-order valence-corrected chi connectivity index (χ2v) is 9.52. The molecule has 1 fully saturated rings. The molecule has 0 aromatic heterocycles. The van der Waals surface area contributed by atoms with E-state index in [2.05, 4.69) is 56.5 Å². The Balaban J connectivity index is 2.20. The molecule has 0 radical (unpaired) electrons. The van der Waals surface area contributed by atoms with Crippen molar-refractivity contribution in [2.45, 2.75) is 101 Å². The van der Waals surface area contributed by atoms with E-state index in [-0.39, 0.29) is 0 Å². The summed E-state index contributed by atoms with van der Waals surface area (Å²) in [6, 6.07) is 0.734. The minimum atomic E-state index is 0.734. The predicted molar refractivity (Wildman–Crippen MR) is 103 cm³/mol. The Hall–Kier alpha value is 0.660. The van der Waals surface area contributed by atoms with Crippen LogP contribution in [0.4, 0.5) is 0 Å². The highest BCUT2D eigenvalue weighted by Crippen LogP contribution is 2.37. The Morgan fingerprint density at radius 1 is 0.952 bits per heavy atom. The number of rotatable bonds is 11. The molecule has 1 aliphatic heterocycles. The average Bonchev–Trinajstić information content (AvgIpc) is 2.48. The first-order valence-corrected chi connectivity index (χ1v) is 11.2. The van der Waals surface area contributed by atoms with E-state index < -0.39 is 0 Å². The van der Waals surface area contributed by atoms with Crippen LogP contribution in [0, 0.1) is 0 Å². The van der Waals surface area contributed by atoms with Crippen molar-refractivity contribution in [3.8, 4) is 0 Å². The Morgan fingerprint density at radius 3 is 2.24 bits per heavy atom. The Labute approximate surface area is 142 Å². The van der Waals surface area contributed by atoms with Crippen LogP contribution in [-0.4, -0.2) is 34.1 Å². The van der Waals surface area contributed by atoms with Gasteiger partial charge in [0.15, 0.2) is 0 Å². The van der Waals surface area contributed by atoms with Gasteiger partial charge in [0.05, 0.1) is 0 Å². The quantitative estimate of drug-likeness (QED) is 0.485. The topological polar surface area (TPSA) is 12.0 Å². The molecule has 0 amide bonds. The van der Waals surface area contributed by atoms with E-state index in [1.54, 1.807) is 0 Å². The van der Waals surface area contributed by atoms with Crippen LogP contribution in [0.15, 0.2) is 0 Å². The lowest BCUT2D eigenvalue weighted by molar-refractivity contribution is 0.458. The molecule has 0 saturated carbocycles. The number of hydrogen-bond acceptors (Lipinski definition) is 3. The molecule has 0 aliphatic carbocycles. The number of thioether (sulfide) groups is 2. The minimum Gasteiger partial charge on any atom is -0.313 e. The van der Waals surface area contributed by atoms with Gasteiger partial charge in [-0.2, -0.15) is 23.5 Å². The Kier molecular flexibility index (Phi) is 11.4. The van der Waals surface area contributed by atoms with E-state index >= 15 is 0 Å². The first-order chi connectivity index (χ1) is 10.2. The van der Waals surface area contributed by atoms with Crippen molar-refractivity contribution >= 4 is 23.5 Å². The van der Waals surface area contributed by atoms with Gasteiger partial charge in [-0.05, 0) is 13.0 Å². The minimum absolute atomic E-state index is 0.734. The zero-order chi connectivity index (χ0) is 15.5. The van der Waals surface area contributed by atoms with Gasteiger partial charge in [0.25, 0.3) is 0 Å². The van der Waals surface area contributed by atoms with Crippen LogP contribution in [0.25, 0.3) is 0 Å². The van der Waals surface area contributed by atoms with Gasteiger partial charge in [-0.25, -0.2) is 0 Å². The van der Waals surface area contributed by atoms with Crippen molar-refractivity contribution in [1.82, 2.24) is 5.32 Å². The van der Waals surface area contributed by atoms with E-state index in [9.17, 15) is 0 Å². The third-order valence-electron chi connectivity index (χ3n) is 4.61. The molecule has 0 spiro atoms. The first-order valence-electron chi connectivity index (χ1n) is 9.19. The van der Waals surface area contributed by atoms with Gasteiger partial charge in [-0.15, -0.1) is 0 Å². The summed E-state index contributed by atoms with van der Waals surface area (Å²) >= 11 is 4.41. The second kappa shape index (κ2) is 12.1. The number of unbranched alkanes of at least 4 members (excludes halogenated alkanes) is 6. The zero-order valence-corrected chi connectivity index (χ0v) is 16.3. The summed E-state index contributed by atoms with van der Waals surface area (Å²) in [6.45, 7) is 10.5. The highest BCUT2D eigenvalue weighted by molar-refractivity contribution is 8.07. The lowest BCUT2D eigenvalue weighted by atomic mass is 10.0. The molecule has 21 heavy (non-hydrogen) atoms. The lowest BCUT2D eigenvalue weighted by Crippen LogP contribution is -2.43. The molecule has 1 rings (SSSR count). The molecule has 1 aliphatic rings. The SMILES string of the molecule is CCCCCCCCCC(NCC)C1CSC(C)C(C)S1. The second-order valence-electron chi connectivity index (χ2n) is 6.49. The van der Waals surface area contributed by atoms with E-state index in [1.165, 1.54) is 57.1 Å². The first kappa shape index (κ1) is 19.7. The molecule has 1 saturated heterocycles. The average molecular weight is 332 g/mol. The third-order valence-corrected chi connectivity index (χ3v) is 8.16. The van der Waals surface area contributed by atoms with Crippen LogP contribution in [0.5, 0.6) is 0 Å². The van der Waals surface area contributed by atoms with Crippen LogP contribution < -0.4 is 5.32 Å². The van der Waals surface area contributed by atoms with Crippen molar-refractivity contribution in [1.29, 1.82) is 0 Å². The molecule has 3 heteroatoms. The monoisotopic (exact) mass is 331 g/mol. The van der Waals surface area contributed by atoms with Crippen LogP contribution in [0.2, 0.25) is 0 Å². The fraction of sp³-hybridized carbons (Fsp3) is 1.00. The summed E-state index contributed by atoms with van der Waals surface area (Å²) in [5.41, 5.74) is 0. The zero-order valence-electron chi connectivity index (χ0n) is 14.7. The van der Waals surface area contributed by atoms with Crippen molar-refractivity contribution in [2.24, 2.45) is 0 Å². The normalized spacial score (nSPS) is 27.7. The molecule has 0 aromatic carbocycles. The van der Waals surface area contributed by atoms with Gasteiger partial charge in [0, 0.05) is 27.5 Å². The standard InChI is InChI=1S/C18H37NS2/c1-5-7-8-9-10-11-12-13-17(19-6-2)18-14-20-15(3)16(4)21-18/h15-19H,5-14H2,1-4H3. The van der Waals surface area contributed by atoms with Crippen molar-refractivity contribution in [3.63, 3.8) is 0 Å². The summed E-state index contributed by atoms with van der Waals surface area (Å²) < 4.78 is 0. The van der Waals surface area contributed by atoms with Gasteiger partial charge in [-0.3, -0.25) is 0 Å². The van der Waals surface area contributed by atoms with Crippen LogP contribution in [-0.2, 0) is 0 Å². The van der Waals surface area contributed by atoms with Gasteiger partial charge in [0.2, 0.25) is 0 Å². The summed E-state index contributed by atoms with van der Waals surface area (Å²) in [5, 5.41) is 6.22. The molecular weight excluding hydrogens is 294 g/mol. The molecule has 4 atom stereocenters. The predicted octanol–water partition coefficient (Wildman–Crippen LogP) is 5.73. The molecule has 0 aromatic rings. The molecular formula is C18H37NS2. The van der Waals surface area contributed by atoms with Gasteiger partial charge >= 0.3 is 0 Å². The van der Waals surface area contributed by atoms with E-state index in [0.717, 1.165) is 28.3 Å². The fourth-order valence-electron chi connectivity index (χ4n) is 3.02. The summed E-state index contributed by atoms with van der Waals surface area (Å²) in [7, 11) is 0. The molecule has 1 N–H and O–H groups in total. The van der Waals surface area contributed by atoms with E-state index in [0.29, 0.717) is 0 Å². The highest BCUT2D eigenvalue weighted by atomic mass is 32.2. The van der Waals surface area contributed by atoms with Gasteiger partial charge in [0.1, 0.15) is 0 Å². The summed E-state index contributed by atoms with van der Waals surface area (Å²) in [5.74, 6) is 1.34. The van der Waals surface area contributed by atoms with Crippen LogP contribution in [0.3, 0.4) is 0 Å². The maximum absolute atomic E-state index is 3.76. The van der Waals surface area contributed by atoms with E-state index in [1.807, 2.05) is 0 Å². The number of hydrogen-bond donors (Lipinski definition) is 1. The maximum Gasteiger partial charge on any atom is 0.0294 e. The van der Waals surface area contributed by atoms with Crippen LogP contribution in [0.1, 0.15) is 79.1 Å². The molecule has 0 bridgehead atoms. The Bertz CT molecular complexity index is 247. The summed E-state index contributed by atoms with van der Waals surface area (Å²) in [4.78, 5) is 0. The lowest BCUT2D eigenvalue weighted by Gasteiger charge is -2.36. The van der Waals surface area contributed by atoms with Crippen molar-refractivity contribution in [3.05, 3.63) is 0 Å². The molecule has 1 heterocycles. The van der Waals surface area contributed by atoms with Gasteiger partial charge in [-0.1, -0.05) is 72.6 Å². The Morgan fingerprint density at radius 2 is 1.62 bits per heavy atom. The highest BCUT2D eigenvalue weighted by Gasteiger charge is 2.30. The molecule has 1 nitrogen and oxygen atoms in total.